The Morgan fingerprint density at radius 2 is 1.74 bits per heavy atom. The number of hydrogen-bond acceptors (Lipinski definition) is 3. The van der Waals surface area contributed by atoms with Crippen LogP contribution in [-0.2, 0) is 4.74 Å². The summed E-state index contributed by atoms with van der Waals surface area (Å²) in [7, 11) is -0.501. The molecule has 0 saturated heterocycles. The van der Waals surface area contributed by atoms with Crippen LogP contribution in [0.4, 0.5) is 0 Å². The standard InChI is InChI=1S/C15H24O3Si/c1-11-8-12(14(16)17-5)10-13(9-11)18-19(6,7)15(2,3)4/h8-10H,1-7H3. The summed E-state index contributed by atoms with van der Waals surface area (Å²) in [5.41, 5.74) is 1.54. The van der Waals surface area contributed by atoms with E-state index in [1.807, 2.05) is 19.1 Å². The van der Waals surface area contributed by atoms with E-state index in [-0.39, 0.29) is 11.0 Å². The molecule has 0 atom stereocenters. The Labute approximate surface area is 117 Å². The number of benzene rings is 1. The summed E-state index contributed by atoms with van der Waals surface area (Å²) >= 11 is 0. The predicted octanol–water partition coefficient (Wildman–Crippen LogP) is 4.17. The van der Waals surface area contributed by atoms with E-state index in [2.05, 4.69) is 33.9 Å². The maximum atomic E-state index is 11.6. The molecular formula is C15H24O3Si. The fraction of sp³-hybridized carbons (Fsp3) is 0.533. The number of ether oxygens (including phenoxy) is 1. The second-order valence-corrected chi connectivity index (χ2v) is 11.1. The SMILES string of the molecule is COC(=O)c1cc(C)cc(O[Si](C)(C)C(C)(C)C)c1. The van der Waals surface area contributed by atoms with Gasteiger partial charge in [-0.05, 0) is 48.8 Å². The molecule has 0 unspecified atom stereocenters. The quantitative estimate of drug-likeness (QED) is 0.616. The molecule has 0 aliphatic rings. The van der Waals surface area contributed by atoms with Gasteiger partial charge in [0.25, 0.3) is 0 Å². The van der Waals surface area contributed by atoms with Crippen molar-refractivity contribution in [1.29, 1.82) is 0 Å². The molecule has 4 heteroatoms. The lowest BCUT2D eigenvalue weighted by Gasteiger charge is -2.36. The third kappa shape index (κ3) is 3.83. The third-order valence-electron chi connectivity index (χ3n) is 3.65. The molecule has 0 spiro atoms. The van der Waals surface area contributed by atoms with E-state index >= 15 is 0 Å². The highest BCUT2D eigenvalue weighted by atomic mass is 28.4. The van der Waals surface area contributed by atoms with Crippen molar-refractivity contribution in [1.82, 2.24) is 0 Å². The van der Waals surface area contributed by atoms with Gasteiger partial charge in [0.15, 0.2) is 0 Å². The van der Waals surface area contributed by atoms with Crippen LogP contribution >= 0.6 is 0 Å². The molecule has 0 aliphatic carbocycles. The topological polar surface area (TPSA) is 35.5 Å². The van der Waals surface area contributed by atoms with Crippen LogP contribution in [0.2, 0.25) is 18.1 Å². The minimum atomic E-state index is -1.89. The van der Waals surface area contributed by atoms with Crippen molar-refractivity contribution in [2.24, 2.45) is 0 Å². The molecule has 0 aromatic heterocycles. The van der Waals surface area contributed by atoms with Gasteiger partial charge in [0.2, 0.25) is 8.32 Å². The monoisotopic (exact) mass is 280 g/mol. The molecule has 1 aromatic carbocycles. The second kappa shape index (κ2) is 5.37. The summed E-state index contributed by atoms with van der Waals surface area (Å²) in [5, 5.41) is 0.127. The van der Waals surface area contributed by atoms with Gasteiger partial charge in [-0.1, -0.05) is 20.8 Å². The Bertz CT molecular complexity index is 473. The van der Waals surface area contributed by atoms with Crippen LogP contribution in [0.5, 0.6) is 5.75 Å². The zero-order valence-electron chi connectivity index (χ0n) is 13.0. The lowest BCUT2D eigenvalue weighted by Crippen LogP contribution is -2.43. The maximum Gasteiger partial charge on any atom is 0.337 e. The summed E-state index contributed by atoms with van der Waals surface area (Å²) < 4.78 is 11.0. The van der Waals surface area contributed by atoms with E-state index < -0.39 is 8.32 Å². The summed E-state index contributed by atoms with van der Waals surface area (Å²) in [5.74, 6) is 0.427. The first-order valence-electron chi connectivity index (χ1n) is 6.46. The number of aryl methyl sites for hydroxylation is 1. The van der Waals surface area contributed by atoms with E-state index in [4.69, 9.17) is 9.16 Å². The fourth-order valence-corrected chi connectivity index (χ4v) is 2.50. The molecular weight excluding hydrogens is 256 g/mol. The van der Waals surface area contributed by atoms with Crippen molar-refractivity contribution in [3.8, 4) is 5.75 Å². The van der Waals surface area contributed by atoms with Crippen LogP contribution in [0, 0.1) is 6.92 Å². The Kier molecular flexibility index (Phi) is 4.45. The molecule has 0 aliphatic heterocycles. The first-order chi connectivity index (χ1) is 8.56. The number of carbonyl (C=O) groups is 1. The van der Waals surface area contributed by atoms with Gasteiger partial charge < -0.3 is 9.16 Å². The summed E-state index contributed by atoms with van der Waals surface area (Å²) in [6.45, 7) is 12.9. The first-order valence-corrected chi connectivity index (χ1v) is 9.37. The molecule has 0 bridgehead atoms. The number of methoxy groups -OCH3 is 1. The molecule has 0 saturated carbocycles. The summed E-state index contributed by atoms with van der Waals surface area (Å²) in [4.78, 5) is 11.6. The van der Waals surface area contributed by atoms with Crippen LogP contribution in [0.25, 0.3) is 0 Å². The third-order valence-corrected chi connectivity index (χ3v) is 8.01. The van der Waals surface area contributed by atoms with Crippen LogP contribution in [0.15, 0.2) is 18.2 Å². The smallest absolute Gasteiger partial charge is 0.337 e. The number of hydrogen-bond donors (Lipinski definition) is 0. The van der Waals surface area contributed by atoms with Crippen molar-refractivity contribution in [2.45, 2.75) is 45.8 Å². The highest BCUT2D eigenvalue weighted by Crippen LogP contribution is 2.37. The van der Waals surface area contributed by atoms with Crippen LogP contribution < -0.4 is 4.43 Å². The maximum absolute atomic E-state index is 11.6. The zero-order valence-corrected chi connectivity index (χ0v) is 14.0. The van der Waals surface area contributed by atoms with Crippen molar-refractivity contribution < 1.29 is 14.0 Å². The average Bonchev–Trinajstić information content (AvgIpc) is 2.24. The highest BCUT2D eigenvalue weighted by Gasteiger charge is 2.39. The van der Waals surface area contributed by atoms with E-state index in [9.17, 15) is 4.79 Å². The Morgan fingerprint density at radius 1 is 1.16 bits per heavy atom. The Hall–Kier alpha value is -1.29. The average molecular weight is 280 g/mol. The van der Waals surface area contributed by atoms with Gasteiger partial charge in [0, 0.05) is 0 Å². The van der Waals surface area contributed by atoms with Crippen LogP contribution in [-0.4, -0.2) is 21.4 Å². The fourth-order valence-electron chi connectivity index (χ4n) is 1.49. The first kappa shape index (κ1) is 15.8. The molecule has 0 amide bonds. The molecule has 19 heavy (non-hydrogen) atoms. The van der Waals surface area contributed by atoms with E-state index in [0.29, 0.717) is 5.56 Å². The van der Waals surface area contributed by atoms with Crippen LogP contribution in [0.3, 0.4) is 0 Å². The number of carbonyl (C=O) groups excluding carboxylic acids is 1. The molecule has 0 heterocycles. The van der Waals surface area contributed by atoms with Crippen molar-refractivity contribution >= 4 is 14.3 Å². The number of esters is 1. The van der Waals surface area contributed by atoms with E-state index in [1.54, 1.807) is 6.07 Å². The van der Waals surface area contributed by atoms with Gasteiger partial charge in [-0.3, -0.25) is 0 Å². The highest BCUT2D eigenvalue weighted by molar-refractivity contribution is 6.74. The van der Waals surface area contributed by atoms with Crippen molar-refractivity contribution in [3.05, 3.63) is 29.3 Å². The van der Waals surface area contributed by atoms with Gasteiger partial charge >= 0.3 is 5.97 Å². The Morgan fingerprint density at radius 3 is 2.21 bits per heavy atom. The molecule has 0 fully saturated rings. The molecule has 0 N–H and O–H groups in total. The van der Waals surface area contributed by atoms with Gasteiger partial charge in [0.05, 0.1) is 12.7 Å². The van der Waals surface area contributed by atoms with Crippen molar-refractivity contribution in [2.75, 3.05) is 7.11 Å². The molecule has 3 nitrogen and oxygen atoms in total. The van der Waals surface area contributed by atoms with Gasteiger partial charge in [-0.2, -0.15) is 0 Å². The van der Waals surface area contributed by atoms with Crippen molar-refractivity contribution in [3.63, 3.8) is 0 Å². The summed E-state index contributed by atoms with van der Waals surface area (Å²) in [6, 6.07) is 5.54. The minimum Gasteiger partial charge on any atom is -0.543 e. The lowest BCUT2D eigenvalue weighted by molar-refractivity contribution is 0.0600. The van der Waals surface area contributed by atoms with E-state index in [1.165, 1.54) is 7.11 Å². The van der Waals surface area contributed by atoms with Crippen LogP contribution in [0.1, 0.15) is 36.7 Å². The van der Waals surface area contributed by atoms with Gasteiger partial charge in [-0.15, -0.1) is 0 Å². The normalized spacial score (nSPS) is 12.2. The zero-order chi connectivity index (χ0) is 14.8. The van der Waals surface area contributed by atoms with Gasteiger partial charge in [-0.25, -0.2) is 4.79 Å². The summed E-state index contributed by atoms with van der Waals surface area (Å²) in [6.07, 6.45) is 0. The molecule has 1 aromatic rings. The lowest BCUT2D eigenvalue weighted by atomic mass is 10.1. The largest absolute Gasteiger partial charge is 0.543 e. The number of rotatable bonds is 3. The van der Waals surface area contributed by atoms with E-state index in [0.717, 1.165) is 11.3 Å². The second-order valence-electron chi connectivity index (χ2n) is 6.39. The molecule has 0 radical (unpaired) electrons. The molecule has 106 valence electrons. The predicted molar refractivity (Wildman–Crippen MR) is 80.3 cm³/mol. The van der Waals surface area contributed by atoms with Gasteiger partial charge in [0.1, 0.15) is 5.75 Å². The molecule has 1 rings (SSSR count). The minimum absolute atomic E-state index is 0.127. The Balaban J connectivity index is 3.09.